The number of hydrogen-bond acceptors (Lipinski definition) is 1. The minimum atomic E-state index is -0.0650. The summed E-state index contributed by atoms with van der Waals surface area (Å²) >= 11 is 0. The molecule has 1 heteroatoms. The summed E-state index contributed by atoms with van der Waals surface area (Å²) in [5.74, 6) is 0.291. The van der Waals surface area contributed by atoms with Crippen LogP contribution in [0.3, 0.4) is 0 Å². The van der Waals surface area contributed by atoms with Gasteiger partial charge in [-0.3, -0.25) is 4.79 Å². The minimum Gasteiger partial charge on any atom is -0.299 e. The average molecular weight is 264 g/mol. The van der Waals surface area contributed by atoms with Crippen LogP contribution in [-0.4, -0.2) is 5.78 Å². The van der Waals surface area contributed by atoms with Crippen LogP contribution in [0, 0.1) is 0 Å². The SMILES string of the molecule is CCCC(=O)C1c2ccccc2CCc2ccccc21. The van der Waals surface area contributed by atoms with E-state index in [9.17, 15) is 4.79 Å². The molecule has 20 heavy (non-hydrogen) atoms. The zero-order chi connectivity index (χ0) is 13.9. The van der Waals surface area contributed by atoms with E-state index in [-0.39, 0.29) is 5.92 Å². The molecule has 2 aromatic carbocycles. The van der Waals surface area contributed by atoms with Gasteiger partial charge < -0.3 is 0 Å². The average Bonchev–Trinajstić information content (AvgIpc) is 2.64. The lowest BCUT2D eigenvalue weighted by Gasteiger charge is -2.19. The van der Waals surface area contributed by atoms with Gasteiger partial charge in [0.2, 0.25) is 0 Å². The van der Waals surface area contributed by atoms with Crippen molar-refractivity contribution in [1.29, 1.82) is 0 Å². The van der Waals surface area contributed by atoms with Gasteiger partial charge in [-0.1, -0.05) is 55.5 Å². The Bertz CT molecular complexity index is 580. The number of rotatable bonds is 3. The van der Waals surface area contributed by atoms with E-state index in [2.05, 4.69) is 55.5 Å². The molecule has 0 N–H and O–H groups in total. The number of ketones is 1. The topological polar surface area (TPSA) is 17.1 Å². The Morgan fingerprint density at radius 1 is 0.950 bits per heavy atom. The second-order valence-electron chi connectivity index (χ2n) is 5.55. The van der Waals surface area contributed by atoms with Gasteiger partial charge in [-0.05, 0) is 41.5 Å². The molecule has 0 heterocycles. The molecule has 0 amide bonds. The predicted octanol–water partition coefficient (Wildman–Crippen LogP) is 4.29. The first kappa shape index (κ1) is 13.1. The number of fused-ring (bicyclic) bond motifs is 2. The van der Waals surface area contributed by atoms with Gasteiger partial charge in [-0.2, -0.15) is 0 Å². The molecule has 1 aliphatic rings. The van der Waals surface area contributed by atoms with Crippen molar-refractivity contribution in [3.05, 3.63) is 70.8 Å². The Kier molecular flexibility index (Phi) is 3.68. The summed E-state index contributed by atoms with van der Waals surface area (Å²) in [6.07, 6.45) is 3.64. The van der Waals surface area contributed by atoms with Crippen molar-refractivity contribution in [2.75, 3.05) is 0 Å². The Hall–Kier alpha value is -1.89. The van der Waals surface area contributed by atoms with Crippen molar-refractivity contribution in [2.24, 2.45) is 0 Å². The molecule has 0 saturated heterocycles. The maximum Gasteiger partial charge on any atom is 0.144 e. The summed E-state index contributed by atoms with van der Waals surface area (Å²) in [4.78, 5) is 12.7. The molecular formula is C19H20O. The molecule has 0 aliphatic heterocycles. The molecule has 0 atom stereocenters. The Labute approximate surface area is 120 Å². The van der Waals surface area contributed by atoms with Gasteiger partial charge in [0.05, 0.1) is 5.92 Å². The normalized spacial score (nSPS) is 14.2. The summed E-state index contributed by atoms with van der Waals surface area (Å²) in [5.41, 5.74) is 5.10. The minimum absolute atomic E-state index is 0.0650. The molecule has 0 saturated carbocycles. The van der Waals surface area contributed by atoms with Gasteiger partial charge in [0.25, 0.3) is 0 Å². The smallest absolute Gasteiger partial charge is 0.144 e. The molecule has 0 unspecified atom stereocenters. The first-order valence-corrected chi connectivity index (χ1v) is 7.49. The van der Waals surface area contributed by atoms with Gasteiger partial charge in [-0.15, -0.1) is 0 Å². The maximum atomic E-state index is 12.7. The van der Waals surface area contributed by atoms with Gasteiger partial charge in [0, 0.05) is 6.42 Å². The molecule has 2 aromatic rings. The van der Waals surface area contributed by atoms with Crippen LogP contribution in [-0.2, 0) is 17.6 Å². The van der Waals surface area contributed by atoms with Crippen molar-refractivity contribution in [3.8, 4) is 0 Å². The number of carbonyl (C=O) groups excluding carboxylic acids is 1. The number of carbonyl (C=O) groups is 1. The van der Waals surface area contributed by atoms with Crippen LogP contribution < -0.4 is 0 Å². The van der Waals surface area contributed by atoms with E-state index in [0.29, 0.717) is 12.2 Å². The highest BCUT2D eigenvalue weighted by Gasteiger charge is 2.28. The van der Waals surface area contributed by atoms with Gasteiger partial charge in [-0.25, -0.2) is 0 Å². The summed E-state index contributed by atoms with van der Waals surface area (Å²) in [5, 5.41) is 0. The monoisotopic (exact) mass is 264 g/mol. The van der Waals surface area contributed by atoms with Crippen LogP contribution in [0.15, 0.2) is 48.5 Å². The van der Waals surface area contributed by atoms with E-state index >= 15 is 0 Å². The first-order valence-electron chi connectivity index (χ1n) is 7.49. The predicted molar refractivity (Wildman–Crippen MR) is 82.1 cm³/mol. The van der Waals surface area contributed by atoms with E-state index in [1.165, 1.54) is 22.3 Å². The Balaban J connectivity index is 2.16. The van der Waals surface area contributed by atoms with E-state index in [0.717, 1.165) is 19.3 Å². The first-order chi connectivity index (χ1) is 9.81. The molecule has 3 rings (SSSR count). The van der Waals surface area contributed by atoms with Gasteiger partial charge >= 0.3 is 0 Å². The van der Waals surface area contributed by atoms with E-state index in [1.54, 1.807) is 0 Å². The molecule has 1 nitrogen and oxygen atoms in total. The maximum absolute atomic E-state index is 12.7. The third-order valence-electron chi connectivity index (χ3n) is 4.21. The lowest BCUT2D eigenvalue weighted by Crippen LogP contribution is -2.15. The number of Topliss-reactive ketones (excluding diaryl/α,β-unsaturated/α-hetero) is 1. The Morgan fingerprint density at radius 2 is 1.45 bits per heavy atom. The molecule has 0 radical (unpaired) electrons. The van der Waals surface area contributed by atoms with Crippen molar-refractivity contribution >= 4 is 5.78 Å². The number of hydrogen-bond donors (Lipinski definition) is 0. The largest absolute Gasteiger partial charge is 0.299 e. The van der Waals surface area contributed by atoms with Crippen molar-refractivity contribution in [2.45, 2.75) is 38.5 Å². The van der Waals surface area contributed by atoms with E-state index in [4.69, 9.17) is 0 Å². The van der Waals surface area contributed by atoms with Crippen molar-refractivity contribution in [3.63, 3.8) is 0 Å². The zero-order valence-electron chi connectivity index (χ0n) is 11.9. The highest BCUT2D eigenvalue weighted by molar-refractivity contribution is 5.90. The summed E-state index contributed by atoms with van der Waals surface area (Å²) in [7, 11) is 0. The van der Waals surface area contributed by atoms with Crippen LogP contribution in [0.25, 0.3) is 0 Å². The second-order valence-corrected chi connectivity index (χ2v) is 5.55. The summed E-state index contributed by atoms with van der Waals surface area (Å²) < 4.78 is 0. The molecule has 0 fully saturated rings. The van der Waals surface area contributed by atoms with Gasteiger partial charge in [0.15, 0.2) is 0 Å². The lowest BCUT2D eigenvalue weighted by molar-refractivity contribution is -0.119. The molecule has 0 bridgehead atoms. The molecule has 102 valence electrons. The lowest BCUT2D eigenvalue weighted by atomic mass is 9.83. The van der Waals surface area contributed by atoms with Crippen molar-refractivity contribution < 1.29 is 4.79 Å². The standard InChI is InChI=1S/C19H20O/c1-2-7-18(20)19-16-10-5-3-8-14(16)12-13-15-9-4-6-11-17(15)19/h3-6,8-11,19H,2,7,12-13H2,1H3. The van der Waals surface area contributed by atoms with Crippen LogP contribution in [0.5, 0.6) is 0 Å². The van der Waals surface area contributed by atoms with Crippen LogP contribution in [0.4, 0.5) is 0 Å². The third-order valence-corrected chi connectivity index (χ3v) is 4.21. The fourth-order valence-corrected chi connectivity index (χ4v) is 3.26. The van der Waals surface area contributed by atoms with Crippen LogP contribution in [0.2, 0.25) is 0 Å². The van der Waals surface area contributed by atoms with Crippen LogP contribution >= 0.6 is 0 Å². The third kappa shape index (κ3) is 2.29. The highest BCUT2D eigenvalue weighted by Crippen LogP contribution is 2.35. The molecule has 1 aliphatic carbocycles. The molecular weight excluding hydrogens is 244 g/mol. The van der Waals surface area contributed by atoms with E-state index in [1.807, 2.05) is 0 Å². The second kappa shape index (κ2) is 5.62. The zero-order valence-corrected chi connectivity index (χ0v) is 11.9. The van der Waals surface area contributed by atoms with E-state index < -0.39 is 0 Å². The quantitative estimate of drug-likeness (QED) is 0.808. The Morgan fingerprint density at radius 3 is 1.95 bits per heavy atom. The molecule has 0 spiro atoms. The fourth-order valence-electron chi connectivity index (χ4n) is 3.26. The fraction of sp³-hybridized carbons (Fsp3) is 0.316. The van der Waals surface area contributed by atoms with Crippen molar-refractivity contribution in [1.82, 2.24) is 0 Å². The number of aryl methyl sites for hydroxylation is 2. The van der Waals surface area contributed by atoms with Crippen LogP contribution in [0.1, 0.15) is 47.9 Å². The molecule has 0 aromatic heterocycles. The van der Waals surface area contributed by atoms with Gasteiger partial charge in [0.1, 0.15) is 5.78 Å². The summed E-state index contributed by atoms with van der Waals surface area (Å²) in [6, 6.07) is 16.9. The highest BCUT2D eigenvalue weighted by atomic mass is 16.1. The number of benzene rings is 2. The summed E-state index contributed by atoms with van der Waals surface area (Å²) in [6.45, 7) is 2.08.